The van der Waals surface area contributed by atoms with Crippen molar-refractivity contribution in [2.45, 2.75) is 32.2 Å². The fourth-order valence-corrected chi connectivity index (χ4v) is 3.24. The first kappa shape index (κ1) is 14.0. The van der Waals surface area contributed by atoms with Gasteiger partial charge < -0.3 is 4.57 Å². The molecule has 2 rings (SSSR count). The molecule has 1 aromatic heterocycles. The number of carbonyl (C=O) groups is 1. The molecule has 1 saturated carbocycles. The Hall–Kier alpha value is -1.37. The molecule has 1 aliphatic carbocycles. The van der Waals surface area contributed by atoms with Gasteiger partial charge in [0.25, 0.3) is 10.0 Å². The molecule has 2 atom stereocenters. The average molecular weight is 285 g/mol. The van der Waals surface area contributed by atoms with E-state index in [1.54, 1.807) is 18.5 Å². The second-order valence-corrected chi connectivity index (χ2v) is 7.09. The van der Waals surface area contributed by atoms with Crippen LogP contribution in [0.4, 0.5) is 0 Å². The number of nitrogens with one attached hydrogen (secondary N) is 1. The first-order valence-electron chi connectivity index (χ1n) is 6.29. The van der Waals surface area contributed by atoms with E-state index < -0.39 is 15.9 Å². The third kappa shape index (κ3) is 2.80. The van der Waals surface area contributed by atoms with Crippen LogP contribution in [0.15, 0.2) is 11.2 Å². The van der Waals surface area contributed by atoms with Crippen LogP contribution in [0.2, 0.25) is 0 Å². The predicted molar refractivity (Wildman–Crippen MR) is 69.7 cm³/mol. The lowest BCUT2D eigenvalue weighted by Gasteiger charge is -2.05. The molecule has 0 spiro atoms. The summed E-state index contributed by atoms with van der Waals surface area (Å²) in [6.45, 7) is 5.78. The van der Waals surface area contributed by atoms with Crippen molar-refractivity contribution in [1.29, 1.82) is 0 Å². The molecule has 1 amide bonds. The second kappa shape index (κ2) is 4.63. The summed E-state index contributed by atoms with van der Waals surface area (Å²) in [7, 11) is -2.14. The van der Waals surface area contributed by atoms with Gasteiger partial charge in [-0.25, -0.2) is 9.71 Å². The van der Waals surface area contributed by atoms with E-state index in [0.717, 1.165) is 6.42 Å². The Kier molecular flexibility index (Phi) is 3.42. The number of carbonyl (C=O) groups excluding carboxylic acids is 1. The Bertz CT molecular complexity index is 584. The van der Waals surface area contributed by atoms with Crippen LogP contribution in [0.1, 0.15) is 26.1 Å². The van der Waals surface area contributed by atoms with E-state index in [2.05, 4.69) is 9.71 Å². The van der Waals surface area contributed by atoms with Crippen LogP contribution in [-0.2, 0) is 21.9 Å². The van der Waals surface area contributed by atoms with E-state index >= 15 is 0 Å². The van der Waals surface area contributed by atoms with Gasteiger partial charge in [-0.05, 0) is 25.2 Å². The predicted octanol–water partition coefficient (Wildman–Crippen LogP) is 0.826. The van der Waals surface area contributed by atoms with Gasteiger partial charge in [0.1, 0.15) is 5.82 Å². The molecule has 1 aromatic rings. The highest BCUT2D eigenvalue weighted by Gasteiger charge is 2.45. The van der Waals surface area contributed by atoms with Crippen LogP contribution >= 0.6 is 0 Å². The number of imidazole rings is 1. The Balaban J connectivity index is 2.08. The summed E-state index contributed by atoms with van der Waals surface area (Å²) in [4.78, 5) is 15.8. The van der Waals surface area contributed by atoms with Crippen LogP contribution in [0, 0.1) is 24.7 Å². The number of amides is 1. The minimum Gasteiger partial charge on any atom is -0.337 e. The molecule has 0 aliphatic heterocycles. The van der Waals surface area contributed by atoms with E-state index in [-0.39, 0.29) is 10.9 Å². The zero-order chi connectivity index (χ0) is 14.4. The molecule has 0 radical (unpaired) electrons. The van der Waals surface area contributed by atoms with Crippen molar-refractivity contribution in [3.05, 3.63) is 12.0 Å². The monoisotopic (exact) mass is 285 g/mol. The average Bonchev–Trinajstić information content (AvgIpc) is 3.01. The van der Waals surface area contributed by atoms with E-state index in [4.69, 9.17) is 0 Å². The first-order valence-corrected chi connectivity index (χ1v) is 7.77. The van der Waals surface area contributed by atoms with Crippen LogP contribution in [0.3, 0.4) is 0 Å². The van der Waals surface area contributed by atoms with Crippen molar-refractivity contribution < 1.29 is 13.2 Å². The number of nitrogens with zero attached hydrogens (tertiary/aromatic N) is 2. The summed E-state index contributed by atoms with van der Waals surface area (Å²) in [6.07, 6.45) is 2.16. The zero-order valence-corrected chi connectivity index (χ0v) is 12.4. The maximum Gasteiger partial charge on any atom is 0.283 e. The summed E-state index contributed by atoms with van der Waals surface area (Å²) < 4.78 is 27.7. The molecule has 0 saturated heterocycles. The van der Waals surface area contributed by atoms with Crippen LogP contribution in [0.25, 0.3) is 0 Å². The van der Waals surface area contributed by atoms with Gasteiger partial charge in [-0.3, -0.25) is 4.79 Å². The lowest BCUT2D eigenvalue weighted by molar-refractivity contribution is -0.120. The Labute approximate surface area is 113 Å². The van der Waals surface area contributed by atoms with Crippen LogP contribution in [0.5, 0.6) is 0 Å². The van der Waals surface area contributed by atoms with E-state index in [1.807, 2.05) is 13.8 Å². The van der Waals surface area contributed by atoms with Crippen molar-refractivity contribution in [3.8, 4) is 0 Å². The molecule has 0 aromatic carbocycles. The van der Waals surface area contributed by atoms with Gasteiger partial charge in [-0.2, -0.15) is 8.42 Å². The Morgan fingerprint density at radius 3 is 2.58 bits per heavy atom. The van der Waals surface area contributed by atoms with Gasteiger partial charge in [0.05, 0.1) is 0 Å². The minimum absolute atomic E-state index is 0.109. The molecule has 2 unspecified atom stereocenters. The molecular formula is C12H19N3O3S. The number of aryl methyl sites for hydroxylation is 2. The van der Waals surface area contributed by atoms with E-state index in [9.17, 15) is 13.2 Å². The number of sulfonamides is 1. The highest BCUT2D eigenvalue weighted by atomic mass is 32.2. The van der Waals surface area contributed by atoms with E-state index in [1.165, 1.54) is 6.20 Å². The van der Waals surface area contributed by atoms with Crippen molar-refractivity contribution in [1.82, 2.24) is 14.3 Å². The van der Waals surface area contributed by atoms with Crippen molar-refractivity contribution in [2.75, 3.05) is 0 Å². The number of aromatic nitrogens is 2. The summed E-state index contributed by atoms with van der Waals surface area (Å²) in [5, 5.41) is -0.109. The third-order valence-electron chi connectivity index (χ3n) is 3.63. The summed E-state index contributed by atoms with van der Waals surface area (Å²) >= 11 is 0. The SMILES string of the molecule is Cc1nc(S(=O)(=O)NC(=O)C2CC2C(C)C)cn1C. The van der Waals surface area contributed by atoms with Crippen LogP contribution in [-0.4, -0.2) is 23.9 Å². The third-order valence-corrected chi connectivity index (χ3v) is 4.85. The highest BCUT2D eigenvalue weighted by Crippen LogP contribution is 2.44. The number of rotatable bonds is 4. The van der Waals surface area contributed by atoms with Crippen molar-refractivity contribution >= 4 is 15.9 Å². The standard InChI is InChI=1S/C12H19N3O3S/c1-7(2)9-5-10(9)12(16)14-19(17,18)11-6-15(4)8(3)13-11/h6-7,9-10H,5H2,1-4H3,(H,14,16). The zero-order valence-electron chi connectivity index (χ0n) is 11.5. The maximum absolute atomic E-state index is 12.0. The van der Waals surface area contributed by atoms with Crippen molar-refractivity contribution in [3.63, 3.8) is 0 Å². The molecule has 1 fully saturated rings. The van der Waals surface area contributed by atoms with Gasteiger partial charge in [0, 0.05) is 19.2 Å². The summed E-state index contributed by atoms with van der Waals surface area (Å²) in [5.74, 6) is 0.678. The molecular weight excluding hydrogens is 266 g/mol. The van der Waals surface area contributed by atoms with E-state index in [0.29, 0.717) is 17.7 Å². The highest BCUT2D eigenvalue weighted by molar-refractivity contribution is 7.90. The Morgan fingerprint density at radius 2 is 2.16 bits per heavy atom. The quantitative estimate of drug-likeness (QED) is 0.888. The Morgan fingerprint density at radius 1 is 1.53 bits per heavy atom. The maximum atomic E-state index is 12.0. The smallest absolute Gasteiger partial charge is 0.283 e. The molecule has 1 heterocycles. The first-order chi connectivity index (χ1) is 8.72. The normalized spacial score (nSPS) is 22.6. The van der Waals surface area contributed by atoms with Crippen molar-refractivity contribution in [2.24, 2.45) is 24.8 Å². The second-order valence-electron chi connectivity index (χ2n) is 5.46. The van der Waals surface area contributed by atoms with Crippen LogP contribution < -0.4 is 4.72 Å². The fourth-order valence-electron chi connectivity index (χ4n) is 2.17. The number of hydrogen-bond acceptors (Lipinski definition) is 4. The van der Waals surface area contributed by atoms with Gasteiger partial charge >= 0.3 is 0 Å². The van der Waals surface area contributed by atoms with Gasteiger partial charge in [0.2, 0.25) is 5.91 Å². The number of hydrogen-bond donors (Lipinski definition) is 1. The molecule has 6 nitrogen and oxygen atoms in total. The topological polar surface area (TPSA) is 81.1 Å². The lowest BCUT2D eigenvalue weighted by atomic mass is 10.1. The molecule has 106 valence electrons. The largest absolute Gasteiger partial charge is 0.337 e. The summed E-state index contributed by atoms with van der Waals surface area (Å²) in [5.41, 5.74) is 0. The lowest BCUT2D eigenvalue weighted by Crippen LogP contribution is -2.32. The molecule has 19 heavy (non-hydrogen) atoms. The molecule has 0 bridgehead atoms. The van der Waals surface area contributed by atoms with Gasteiger partial charge in [-0.1, -0.05) is 13.8 Å². The summed E-state index contributed by atoms with van der Waals surface area (Å²) in [6, 6.07) is 0. The molecule has 7 heteroatoms. The van der Waals surface area contributed by atoms with Gasteiger partial charge in [-0.15, -0.1) is 0 Å². The molecule has 1 N–H and O–H groups in total. The van der Waals surface area contributed by atoms with Gasteiger partial charge in [0.15, 0.2) is 5.03 Å². The molecule has 1 aliphatic rings. The minimum atomic E-state index is -3.85. The fraction of sp³-hybridized carbons (Fsp3) is 0.667.